The van der Waals surface area contributed by atoms with Crippen molar-refractivity contribution < 1.29 is 36.3 Å². The van der Waals surface area contributed by atoms with Gasteiger partial charge in [0.1, 0.15) is 0 Å². The molecule has 0 aromatic heterocycles. The number of unbranched alkanes of at least 4 members (excludes halogenated alkanes) is 4. The van der Waals surface area contributed by atoms with Crippen LogP contribution in [0.15, 0.2) is 0 Å². The summed E-state index contributed by atoms with van der Waals surface area (Å²) >= 11 is 0. The van der Waals surface area contributed by atoms with Crippen molar-refractivity contribution in [2.45, 2.75) is 106 Å². The maximum Gasteiger partial charge on any atom is 0.303 e. The Morgan fingerprint density at radius 3 is 1.08 bits per heavy atom. The van der Waals surface area contributed by atoms with Crippen LogP contribution in [-0.2, 0) is 26.1 Å². The van der Waals surface area contributed by atoms with Gasteiger partial charge < -0.3 is 10.2 Å². The van der Waals surface area contributed by atoms with Crippen molar-refractivity contribution in [3.8, 4) is 0 Å². The summed E-state index contributed by atoms with van der Waals surface area (Å²) in [6, 6.07) is 0. The maximum atomic E-state index is 10.2. The third-order valence-electron chi connectivity index (χ3n) is 3.63. The molecule has 0 saturated heterocycles. The predicted octanol–water partition coefficient (Wildman–Crippen LogP) is 6.13. The smallest absolute Gasteiger partial charge is 0.303 e. The van der Waals surface area contributed by atoms with E-state index in [-0.39, 0.29) is 16.5 Å². The van der Waals surface area contributed by atoms with Gasteiger partial charge >= 0.3 is 11.9 Å². The monoisotopic (exact) mass is 402 g/mol. The summed E-state index contributed by atoms with van der Waals surface area (Å²) in [6.07, 6.45) is 9.06. The van der Waals surface area contributed by atoms with Gasteiger partial charge in [-0.15, -0.1) is 0 Å². The molecular weight excluding hydrogens is 363 g/mol. The summed E-state index contributed by atoms with van der Waals surface area (Å²) in [7, 11) is 0. The number of carbonyl (C=O) groups is 2. The number of hydrogen-bond donors (Lipinski definition) is 2. The summed E-state index contributed by atoms with van der Waals surface area (Å²) in [5.74, 6) is -1.35. The number of aliphatic carboxylic acids is 2. The summed E-state index contributed by atoms with van der Waals surface area (Å²) in [4.78, 5) is 20.3. The van der Waals surface area contributed by atoms with E-state index in [1.54, 1.807) is 0 Å². The predicted molar refractivity (Wildman–Crippen MR) is 100 cm³/mol. The first-order chi connectivity index (χ1) is 10.8. The van der Waals surface area contributed by atoms with Gasteiger partial charge in [0.15, 0.2) is 0 Å². The first-order valence-corrected chi connectivity index (χ1v) is 9.27. The zero-order chi connectivity index (χ0) is 19.2. The molecule has 0 bridgehead atoms. The van der Waals surface area contributed by atoms with Crippen LogP contribution in [0.2, 0.25) is 0 Å². The van der Waals surface area contributed by atoms with Gasteiger partial charge in [-0.3, -0.25) is 9.59 Å². The average Bonchev–Trinajstić information content (AvgIpc) is 2.35. The van der Waals surface area contributed by atoms with Crippen molar-refractivity contribution in [1.29, 1.82) is 0 Å². The first-order valence-electron chi connectivity index (χ1n) is 9.27. The Bertz CT molecular complexity index is 307. The standard InChI is InChI=1S/2C10H20O2.Ni/c2*1-10(2,3)8-6-4-5-7-9(11)12;/h2*4-8H2,1-3H3,(H,11,12);. The minimum absolute atomic E-state index is 0. The Hall–Kier alpha value is -0.566. The largest absolute Gasteiger partial charge is 0.481 e. The van der Waals surface area contributed by atoms with Crippen LogP contribution in [0.1, 0.15) is 106 Å². The van der Waals surface area contributed by atoms with E-state index in [1.807, 2.05) is 0 Å². The van der Waals surface area contributed by atoms with E-state index >= 15 is 0 Å². The Morgan fingerprint density at radius 2 is 0.880 bits per heavy atom. The van der Waals surface area contributed by atoms with E-state index in [0.29, 0.717) is 23.7 Å². The fourth-order valence-electron chi connectivity index (χ4n) is 2.22. The van der Waals surface area contributed by atoms with Gasteiger partial charge in [0.05, 0.1) is 0 Å². The third-order valence-corrected chi connectivity index (χ3v) is 3.63. The molecule has 0 heterocycles. The van der Waals surface area contributed by atoms with Crippen LogP contribution in [0.5, 0.6) is 0 Å². The van der Waals surface area contributed by atoms with Crippen molar-refractivity contribution in [3.05, 3.63) is 0 Å². The van der Waals surface area contributed by atoms with Gasteiger partial charge in [0.2, 0.25) is 0 Å². The topological polar surface area (TPSA) is 74.6 Å². The molecule has 0 radical (unpaired) electrons. The molecular formula is C20H40NiO4. The molecule has 25 heavy (non-hydrogen) atoms. The van der Waals surface area contributed by atoms with Crippen molar-refractivity contribution in [2.24, 2.45) is 10.8 Å². The fraction of sp³-hybridized carbons (Fsp3) is 0.900. The second kappa shape index (κ2) is 15.7. The zero-order valence-corrected chi connectivity index (χ0v) is 18.1. The molecule has 0 saturated carbocycles. The van der Waals surface area contributed by atoms with Crippen LogP contribution in [0.25, 0.3) is 0 Å². The summed E-state index contributed by atoms with van der Waals surface area (Å²) in [5.41, 5.74) is 0.784. The van der Waals surface area contributed by atoms with Crippen LogP contribution in [0.3, 0.4) is 0 Å². The van der Waals surface area contributed by atoms with E-state index in [9.17, 15) is 9.59 Å². The van der Waals surface area contributed by atoms with Gasteiger partial charge in [-0.25, -0.2) is 0 Å². The molecule has 0 amide bonds. The second-order valence-corrected chi connectivity index (χ2v) is 9.03. The molecule has 0 unspecified atom stereocenters. The van der Waals surface area contributed by atoms with E-state index in [2.05, 4.69) is 41.5 Å². The van der Waals surface area contributed by atoms with Crippen molar-refractivity contribution in [3.63, 3.8) is 0 Å². The molecule has 0 aromatic rings. The zero-order valence-electron chi connectivity index (χ0n) is 17.1. The molecule has 0 spiro atoms. The van der Waals surface area contributed by atoms with E-state index in [1.165, 1.54) is 12.8 Å². The molecule has 2 N–H and O–H groups in total. The Balaban J connectivity index is -0.000000372. The molecule has 154 valence electrons. The average molecular weight is 403 g/mol. The number of hydrogen-bond acceptors (Lipinski definition) is 2. The first kappa shape index (κ1) is 29.2. The molecule has 0 aliphatic rings. The molecule has 0 fully saturated rings. The van der Waals surface area contributed by atoms with E-state index in [4.69, 9.17) is 10.2 Å². The molecule has 0 rings (SSSR count). The Labute approximate surface area is 165 Å². The van der Waals surface area contributed by atoms with E-state index in [0.717, 1.165) is 38.5 Å². The van der Waals surface area contributed by atoms with E-state index < -0.39 is 11.9 Å². The van der Waals surface area contributed by atoms with Gasteiger partial charge in [-0.2, -0.15) is 0 Å². The number of carboxylic acids is 2. The summed E-state index contributed by atoms with van der Waals surface area (Å²) in [6.45, 7) is 13.3. The van der Waals surface area contributed by atoms with Crippen molar-refractivity contribution >= 4 is 11.9 Å². The Morgan fingerprint density at radius 1 is 0.600 bits per heavy atom. The fourth-order valence-corrected chi connectivity index (χ4v) is 2.22. The SMILES string of the molecule is CC(C)(C)CCCCCC(=O)O.CC(C)(C)CCCCCC(=O)O.[Ni]. The molecule has 0 aromatic carbocycles. The molecule has 0 aliphatic heterocycles. The summed E-state index contributed by atoms with van der Waals surface area (Å²) < 4.78 is 0. The Kier molecular flexibility index (Phi) is 18.3. The number of carboxylic acid groups (broad SMARTS) is 2. The summed E-state index contributed by atoms with van der Waals surface area (Å²) in [5, 5.41) is 16.7. The van der Waals surface area contributed by atoms with Gasteiger partial charge in [-0.1, -0.05) is 67.2 Å². The second-order valence-electron chi connectivity index (χ2n) is 9.03. The number of rotatable bonds is 10. The van der Waals surface area contributed by atoms with Crippen LogP contribution < -0.4 is 0 Å². The van der Waals surface area contributed by atoms with Crippen molar-refractivity contribution in [1.82, 2.24) is 0 Å². The normalized spacial score (nSPS) is 11.1. The van der Waals surface area contributed by atoms with Crippen LogP contribution in [-0.4, -0.2) is 22.2 Å². The maximum absolute atomic E-state index is 10.2. The van der Waals surface area contributed by atoms with Crippen LogP contribution in [0.4, 0.5) is 0 Å². The molecule has 0 atom stereocenters. The van der Waals surface area contributed by atoms with Crippen LogP contribution in [0, 0.1) is 10.8 Å². The third kappa shape index (κ3) is 35.4. The molecule has 4 nitrogen and oxygen atoms in total. The van der Waals surface area contributed by atoms with Crippen LogP contribution >= 0.6 is 0 Å². The van der Waals surface area contributed by atoms with Gasteiger partial charge in [0.25, 0.3) is 0 Å². The molecule has 5 heteroatoms. The minimum Gasteiger partial charge on any atom is -0.481 e. The molecule has 0 aliphatic carbocycles. The quantitative estimate of drug-likeness (QED) is 0.340. The van der Waals surface area contributed by atoms with Gasteiger partial charge in [0, 0.05) is 29.3 Å². The minimum atomic E-state index is -0.675. The van der Waals surface area contributed by atoms with Crippen molar-refractivity contribution in [2.75, 3.05) is 0 Å². The van der Waals surface area contributed by atoms with Gasteiger partial charge in [-0.05, 0) is 36.5 Å².